The van der Waals surface area contributed by atoms with Crippen molar-refractivity contribution in [2.24, 2.45) is 0 Å². The third-order valence-corrected chi connectivity index (χ3v) is 7.26. The van der Waals surface area contributed by atoms with Crippen LogP contribution in [0, 0.1) is 19.7 Å². The standard InChI is InChI=1S/C26H20BrFN2O3S/c1-14-8-20-21(9-15(14)2)30-25(31)23(34-26(30)29-20)12-17-10-19(27)24(22(11-17)32-3)33-13-16-4-6-18(28)7-5-16/h4-12H,13H2,1-3H3/b23-12-. The van der Waals surface area contributed by atoms with Crippen LogP contribution < -0.4 is 19.6 Å². The number of rotatable bonds is 5. The number of imidazole rings is 1. The molecule has 0 amide bonds. The van der Waals surface area contributed by atoms with Crippen molar-refractivity contribution in [2.45, 2.75) is 20.5 Å². The summed E-state index contributed by atoms with van der Waals surface area (Å²) in [6.07, 6.45) is 1.82. The first kappa shape index (κ1) is 22.6. The number of fused-ring (bicyclic) bond motifs is 3. The first-order valence-electron chi connectivity index (χ1n) is 10.5. The molecule has 8 heteroatoms. The highest BCUT2D eigenvalue weighted by Crippen LogP contribution is 2.37. The first-order chi connectivity index (χ1) is 16.3. The zero-order chi connectivity index (χ0) is 24.0. The maximum absolute atomic E-state index is 13.2. The average Bonchev–Trinajstić information content (AvgIpc) is 3.29. The number of hydrogen-bond acceptors (Lipinski definition) is 5. The van der Waals surface area contributed by atoms with Gasteiger partial charge in [0.2, 0.25) is 0 Å². The van der Waals surface area contributed by atoms with Crippen molar-refractivity contribution in [3.05, 3.63) is 96.0 Å². The number of thiazole rings is 1. The van der Waals surface area contributed by atoms with Gasteiger partial charge in [-0.25, -0.2) is 13.8 Å². The number of ether oxygens (including phenoxy) is 2. The maximum Gasteiger partial charge on any atom is 0.274 e. The van der Waals surface area contributed by atoms with Gasteiger partial charge >= 0.3 is 0 Å². The van der Waals surface area contributed by atoms with Gasteiger partial charge in [0.15, 0.2) is 16.5 Å². The third-order valence-electron chi connectivity index (χ3n) is 5.70. The Labute approximate surface area is 207 Å². The Hall–Kier alpha value is -3.23. The van der Waals surface area contributed by atoms with Crippen LogP contribution in [-0.2, 0) is 6.61 Å². The molecule has 172 valence electrons. The van der Waals surface area contributed by atoms with E-state index < -0.39 is 0 Å². The lowest BCUT2D eigenvalue weighted by Gasteiger charge is -2.13. The van der Waals surface area contributed by atoms with Gasteiger partial charge in [0.25, 0.3) is 5.56 Å². The Kier molecular flexibility index (Phi) is 5.87. The molecule has 5 rings (SSSR count). The molecule has 0 bridgehead atoms. The largest absolute Gasteiger partial charge is 0.493 e. The molecule has 5 nitrogen and oxygen atoms in total. The van der Waals surface area contributed by atoms with Crippen LogP contribution in [0.3, 0.4) is 0 Å². The van der Waals surface area contributed by atoms with Crippen LogP contribution in [0.4, 0.5) is 4.39 Å². The van der Waals surface area contributed by atoms with Gasteiger partial charge in [-0.15, -0.1) is 0 Å². The lowest BCUT2D eigenvalue weighted by molar-refractivity contribution is 0.282. The van der Waals surface area contributed by atoms with Crippen molar-refractivity contribution in [1.82, 2.24) is 9.38 Å². The highest BCUT2D eigenvalue weighted by atomic mass is 79.9. The summed E-state index contributed by atoms with van der Waals surface area (Å²) in [6, 6.07) is 13.9. The fraction of sp³-hybridized carbons (Fsp3) is 0.154. The Morgan fingerprint density at radius 1 is 1.12 bits per heavy atom. The van der Waals surface area contributed by atoms with Crippen LogP contribution in [0.2, 0.25) is 0 Å². The second-order valence-corrected chi connectivity index (χ2v) is 9.88. The van der Waals surface area contributed by atoms with Crippen LogP contribution in [0.1, 0.15) is 22.3 Å². The predicted octanol–water partition coefficient (Wildman–Crippen LogP) is 5.56. The molecule has 0 N–H and O–H groups in total. The van der Waals surface area contributed by atoms with E-state index in [2.05, 4.69) is 20.9 Å². The van der Waals surface area contributed by atoms with Crippen molar-refractivity contribution >= 4 is 49.3 Å². The summed E-state index contributed by atoms with van der Waals surface area (Å²) in [5.74, 6) is 0.761. The van der Waals surface area contributed by atoms with Crippen LogP contribution in [0.15, 0.2) is 57.8 Å². The van der Waals surface area contributed by atoms with Crippen molar-refractivity contribution in [1.29, 1.82) is 0 Å². The van der Waals surface area contributed by atoms with Crippen molar-refractivity contribution < 1.29 is 13.9 Å². The summed E-state index contributed by atoms with van der Waals surface area (Å²) < 4.78 is 27.6. The highest BCUT2D eigenvalue weighted by Gasteiger charge is 2.14. The van der Waals surface area contributed by atoms with E-state index in [1.54, 1.807) is 23.6 Å². The molecular weight excluding hydrogens is 519 g/mol. The molecule has 0 saturated heterocycles. The van der Waals surface area contributed by atoms with E-state index in [9.17, 15) is 9.18 Å². The van der Waals surface area contributed by atoms with E-state index in [0.717, 1.165) is 33.3 Å². The van der Waals surface area contributed by atoms with Crippen LogP contribution in [0.25, 0.3) is 22.1 Å². The van der Waals surface area contributed by atoms with Crippen molar-refractivity contribution in [3.63, 3.8) is 0 Å². The molecule has 0 fully saturated rings. The lowest BCUT2D eigenvalue weighted by Crippen LogP contribution is -2.22. The van der Waals surface area contributed by atoms with Gasteiger partial charge in [-0.3, -0.25) is 4.79 Å². The summed E-state index contributed by atoms with van der Waals surface area (Å²) in [6.45, 7) is 4.33. The number of benzene rings is 3. The van der Waals surface area contributed by atoms with Gasteiger partial charge < -0.3 is 9.47 Å². The van der Waals surface area contributed by atoms with Gasteiger partial charge in [-0.1, -0.05) is 23.5 Å². The summed E-state index contributed by atoms with van der Waals surface area (Å²) >= 11 is 4.91. The van der Waals surface area contributed by atoms with E-state index in [1.807, 2.05) is 44.2 Å². The predicted molar refractivity (Wildman–Crippen MR) is 137 cm³/mol. The van der Waals surface area contributed by atoms with Gasteiger partial charge in [0, 0.05) is 0 Å². The van der Waals surface area contributed by atoms with Crippen molar-refractivity contribution in [3.8, 4) is 11.5 Å². The van der Waals surface area contributed by atoms with E-state index >= 15 is 0 Å². The summed E-state index contributed by atoms with van der Waals surface area (Å²) in [4.78, 5) is 18.5. The third kappa shape index (κ3) is 4.08. The Bertz CT molecular complexity index is 1660. The number of aryl methyl sites for hydroxylation is 2. The second-order valence-electron chi connectivity index (χ2n) is 8.02. The minimum absolute atomic E-state index is 0.0996. The summed E-state index contributed by atoms with van der Waals surface area (Å²) in [7, 11) is 1.56. The summed E-state index contributed by atoms with van der Waals surface area (Å²) in [5, 5.41) is 0. The van der Waals surface area contributed by atoms with Crippen LogP contribution in [-0.4, -0.2) is 16.5 Å². The number of hydrogen-bond donors (Lipinski definition) is 0. The first-order valence-corrected chi connectivity index (χ1v) is 12.1. The van der Waals surface area contributed by atoms with E-state index in [1.165, 1.54) is 23.5 Å². The highest BCUT2D eigenvalue weighted by molar-refractivity contribution is 9.10. The fourth-order valence-electron chi connectivity index (χ4n) is 3.77. The molecule has 0 atom stereocenters. The minimum atomic E-state index is -0.292. The smallest absolute Gasteiger partial charge is 0.274 e. The molecule has 0 spiro atoms. The topological polar surface area (TPSA) is 52.8 Å². The maximum atomic E-state index is 13.2. The monoisotopic (exact) mass is 538 g/mol. The van der Waals surface area contributed by atoms with Gasteiger partial charge in [0.1, 0.15) is 12.4 Å². The van der Waals surface area contributed by atoms with Gasteiger partial charge in [-0.05, 0) is 94.5 Å². The number of methoxy groups -OCH3 is 1. The number of nitrogens with zero attached hydrogens (tertiary/aromatic N) is 2. The second kappa shape index (κ2) is 8.85. The average molecular weight is 539 g/mol. The zero-order valence-electron chi connectivity index (χ0n) is 18.7. The van der Waals surface area contributed by atoms with Gasteiger partial charge in [0.05, 0.1) is 27.1 Å². The van der Waals surface area contributed by atoms with E-state index in [-0.39, 0.29) is 18.0 Å². The molecule has 2 heterocycles. The van der Waals surface area contributed by atoms with Gasteiger partial charge in [-0.2, -0.15) is 0 Å². The van der Waals surface area contributed by atoms with Crippen LogP contribution >= 0.6 is 27.3 Å². The molecule has 2 aromatic heterocycles. The summed E-state index contributed by atoms with van der Waals surface area (Å²) in [5.41, 5.74) is 5.44. The fourth-order valence-corrected chi connectivity index (χ4v) is 5.33. The quantitative estimate of drug-likeness (QED) is 0.294. The molecule has 34 heavy (non-hydrogen) atoms. The molecule has 0 aliphatic carbocycles. The molecule has 0 unspecified atom stereocenters. The number of halogens is 2. The van der Waals surface area contributed by atoms with E-state index in [0.29, 0.717) is 25.5 Å². The molecule has 0 saturated carbocycles. The molecule has 0 aliphatic rings. The number of aromatic nitrogens is 2. The minimum Gasteiger partial charge on any atom is -0.493 e. The molecule has 3 aromatic carbocycles. The SMILES string of the molecule is COc1cc(/C=c2\sc3nc4cc(C)c(C)cc4n3c2=O)cc(Br)c1OCc1ccc(F)cc1. The van der Waals surface area contributed by atoms with Crippen LogP contribution in [0.5, 0.6) is 11.5 Å². The lowest BCUT2D eigenvalue weighted by atomic mass is 10.1. The Morgan fingerprint density at radius 2 is 1.85 bits per heavy atom. The van der Waals surface area contributed by atoms with E-state index in [4.69, 9.17) is 9.47 Å². The molecule has 0 radical (unpaired) electrons. The Morgan fingerprint density at radius 3 is 2.59 bits per heavy atom. The van der Waals surface area contributed by atoms with Crippen molar-refractivity contribution in [2.75, 3.05) is 7.11 Å². The molecular formula is C26H20BrFN2O3S. The molecule has 5 aromatic rings. The normalized spacial score (nSPS) is 12.1. The zero-order valence-corrected chi connectivity index (χ0v) is 21.1. The molecule has 0 aliphatic heterocycles. The Balaban J connectivity index is 1.52.